The van der Waals surface area contributed by atoms with Gasteiger partial charge in [-0.15, -0.1) is 0 Å². The molecule has 208 valence electrons. The molecule has 0 aromatic heterocycles. The van der Waals surface area contributed by atoms with Crippen molar-refractivity contribution < 1.29 is 29.3 Å². The Labute approximate surface area is 224 Å². The standard InChI is InChI=1S/C25H32N8O6/c1-23(2)8-9-39-18-12(4-3-5-13(18)23)20(36)29-15-11-33-22(27)28-14(10-32-16(34)6-7-17(32)35)19-24(33,25(15,37)38)31-21(26)30-19/h3-5,14-15,19,37-38H,6-11H2,1-2H3,(H2,27,28)(H,29,36)(H3,26,30,31)/t14-,15-,19-,24-/m0/s1. The van der Waals surface area contributed by atoms with Crippen LogP contribution in [0.5, 0.6) is 5.75 Å². The van der Waals surface area contributed by atoms with E-state index in [1.165, 1.54) is 4.90 Å². The van der Waals surface area contributed by atoms with Crippen molar-refractivity contribution in [3.8, 4) is 5.75 Å². The lowest BCUT2D eigenvalue weighted by Gasteiger charge is -2.49. The van der Waals surface area contributed by atoms with Crippen LogP contribution in [0, 0.1) is 0 Å². The van der Waals surface area contributed by atoms with Gasteiger partial charge in [-0.25, -0.2) is 9.98 Å². The molecule has 0 unspecified atom stereocenters. The zero-order chi connectivity index (χ0) is 27.9. The Morgan fingerprint density at radius 3 is 2.64 bits per heavy atom. The number of guanidine groups is 2. The van der Waals surface area contributed by atoms with E-state index in [4.69, 9.17) is 16.2 Å². The van der Waals surface area contributed by atoms with Gasteiger partial charge >= 0.3 is 0 Å². The van der Waals surface area contributed by atoms with E-state index in [-0.39, 0.29) is 60.6 Å². The summed E-state index contributed by atoms with van der Waals surface area (Å²) in [6.45, 7) is 4.33. The third-order valence-corrected chi connectivity index (χ3v) is 8.59. The van der Waals surface area contributed by atoms with Gasteiger partial charge in [0.15, 0.2) is 17.6 Å². The van der Waals surface area contributed by atoms with Gasteiger partial charge in [-0.1, -0.05) is 26.0 Å². The maximum Gasteiger partial charge on any atom is 0.255 e. The minimum atomic E-state index is -2.65. The van der Waals surface area contributed by atoms with Gasteiger partial charge in [-0.2, -0.15) is 0 Å². The molecular formula is C25H32N8O6. The fraction of sp³-hybridized carbons (Fsp3) is 0.560. The summed E-state index contributed by atoms with van der Waals surface area (Å²) in [6, 6.07) is 2.13. The number of hydrogen-bond acceptors (Lipinski definition) is 12. The summed E-state index contributed by atoms with van der Waals surface area (Å²) in [5, 5.41) is 28.9. The van der Waals surface area contributed by atoms with Gasteiger partial charge in [-0.3, -0.25) is 19.3 Å². The number of likely N-dealkylation sites (tertiary alicyclic amines) is 1. The summed E-state index contributed by atoms with van der Waals surface area (Å²) in [5.74, 6) is -3.59. The van der Waals surface area contributed by atoms with E-state index in [2.05, 4.69) is 34.5 Å². The molecule has 39 heavy (non-hydrogen) atoms. The summed E-state index contributed by atoms with van der Waals surface area (Å²) in [7, 11) is 0. The fourth-order valence-electron chi connectivity index (χ4n) is 6.43. The molecule has 0 aliphatic carbocycles. The molecule has 1 spiro atoms. The number of carbonyl (C=O) groups excluding carboxylic acids is 3. The molecule has 14 heteroatoms. The molecule has 0 bridgehead atoms. The lowest BCUT2D eigenvalue weighted by atomic mass is 9.79. The highest BCUT2D eigenvalue weighted by atomic mass is 16.5. The molecule has 0 radical (unpaired) electrons. The van der Waals surface area contributed by atoms with Gasteiger partial charge in [0, 0.05) is 24.9 Å². The van der Waals surface area contributed by atoms with Gasteiger partial charge in [-0.05, 0) is 17.9 Å². The molecule has 6 rings (SSSR count). The highest BCUT2D eigenvalue weighted by molar-refractivity contribution is 6.02. The lowest BCUT2D eigenvalue weighted by molar-refractivity contribution is -0.230. The van der Waals surface area contributed by atoms with E-state index in [0.717, 1.165) is 16.9 Å². The van der Waals surface area contributed by atoms with Crippen LogP contribution in [0.3, 0.4) is 0 Å². The SMILES string of the molecule is CC1(C)CCOc2c(C(=O)N[C@H]3CN4C(N)=N[C@@H](CN5C(=O)CCC5=O)[C@@H]5N=C(N)N[C@@]54C3(O)O)cccc21. The predicted molar refractivity (Wildman–Crippen MR) is 137 cm³/mol. The number of imide groups is 1. The lowest BCUT2D eigenvalue weighted by Crippen LogP contribution is -2.78. The van der Waals surface area contributed by atoms with E-state index in [1.807, 2.05) is 6.07 Å². The van der Waals surface area contributed by atoms with Crippen molar-refractivity contribution in [2.45, 2.75) is 68.1 Å². The minimum Gasteiger partial charge on any atom is -0.492 e. The zero-order valence-corrected chi connectivity index (χ0v) is 21.7. The number of carbonyl (C=O) groups is 3. The Bertz CT molecular complexity index is 1330. The van der Waals surface area contributed by atoms with Crippen molar-refractivity contribution >= 4 is 29.6 Å². The summed E-state index contributed by atoms with van der Waals surface area (Å²) >= 11 is 0. The molecule has 0 saturated carbocycles. The number of amides is 3. The second-order valence-electron chi connectivity index (χ2n) is 11.3. The molecule has 14 nitrogen and oxygen atoms in total. The molecule has 5 aliphatic heterocycles. The van der Waals surface area contributed by atoms with Crippen LogP contribution in [0.25, 0.3) is 0 Å². The Kier molecular flexibility index (Phi) is 5.40. The zero-order valence-electron chi connectivity index (χ0n) is 21.7. The van der Waals surface area contributed by atoms with Crippen LogP contribution in [0.2, 0.25) is 0 Å². The maximum absolute atomic E-state index is 13.5. The minimum absolute atomic E-state index is 0.0702. The second kappa shape index (κ2) is 8.29. The number of ether oxygens (including phenoxy) is 1. The van der Waals surface area contributed by atoms with Crippen LogP contribution in [0.15, 0.2) is 28.2 Å². The maximum atomic E-state index is 13.5. The summed E-state index contributed by atoms with van der Waals surface area (Å²) < 4.78 is 5.87. The van der Waals surface area contributed by atoms with Gasteiger partial charge in [0.2, 0.25) is 17.6 Å². The number of nitrogens with two attached hydrogens (primary N) is 2. The molecule has 5 aliphatic rings. The number of aliphatic hydroxyl groups is 2. The first-order valence-corrected chi connectivity index (χ1v) is 12.9. The predicted octanol–water partition coefficient (Wildman–Crippen LogP) is -2.33. The van der Waals surface area contributed by atoms with Crippen LogP contribution in [0.1, 0.15) is 49.0 Å². The smallest absolute Gasteiger partial charge is 0.255 e. The van der Waals surface area contributed by atoms with Crippen LogP contribution in [0.4, 0.5) is 0 Å². The van der Waals surface area contributed by atoms with Gasteiger partial charge in [0.1, 0.15) is 17.8 Å². The monoisotopic (exact) mass is 540 g/mol. The van der Waals surface area contributed by atoms with Crippen molar-refractivity contribution in [2.75, 3.05) is 19.7 Å². The van der Waals surface area contributed by atoms with Crippen molar-refractivity contribution in [2.24, 2.45) is 21.5 Å². The molecule has 3 amide bonds. The van der Waals surface area contributed by atoms with Crippen molar-refractivity contribution in [3.05, 3.63) is 29.3 Å². The Morgan fingerprint density at radius 1 is 1.21 bits per heavy atom. The van der Waals surface area contributed by atoms with Gasteiger partial charge < -0.3 is 42.0 Å². The molecule has 5 heterocycles. The van der Waals surface area contributed by atoms with Crippen LogP contribution in [-0.4, -0.2) is 98.9 Å². The number of nitrogens with zero attached hydrogens (tertiary/aromatic N) is 4. The Hall–Kier alpha value is -3.91. The molecular weight excluding hydrogens is 508 g/mol. The molecule has 1 aromatic rings. The largest absolute Gasteiger partial charge is 0.492 e. The van der Waals surface area contributed by atoms with Gasteiger partial charge in [0.05, 0.1) is 24.8 Å². The van der Waals surface area contributed by atoms with E-state index in [1.54, 1.807) is 12.1 Å². The van der Waals surface area contributed by atoms with Crippen LogP contribution in [-0.2, 0) is 15.0 Å². The summed E-state index contributed by atoms with van der Waals surface area (Å²) in [6.07, 6.45) is 0.987. The van der Waals surface area contributed by atoms with E-state index in [9.17, 15) is 24.6 Å². The number of benzene rings is 1. The average Bonchev–Trinajstić information content (AvgIpc) is 3.46. The highest BCUT2D eigenvalue weighted by Gasteiger charge is 2.73. The fourth-order valence-corrected chi connectivity index (χ4v) is 6.43. The summed E-state index contributed by atoms with van der Waals surface area (Å²) in [4.78, 5) is 49.4. The number of fused-ring (bicyclic) bond motifs is 1. The Morgan fingerprint density at radius 2 is 1.92 bits per heavy atom. The molecule has 2 fully saturated rings. The first kappa shape index (κ1) is 25.4. The molecule has 2 saturated heterocycles. The van der Waals surface area contributed by atoms with Crippen molar-refractivity contribution in [1.82, 2.24) is 20.4 Å². The van der Waals surface area contributed by atoms with Crippen LogP contribution < -0.4 is 26.8 Å². The van der Waals surface area contributed by atoms with Crippen molar-refractivity contribution in [1.29, 1.82) is 0 Å². The quantitative estimate of drug-likeness (QED) is 0.177. The highest BCUT2D eigenvalue weighted by Crippen LogP contribution is 2.45. The topological polar surface area (TPSA) is 208 Å². The number of nitrogens with one attached hydrogen (secondary N) is 2. The molecule has 8 N–H and O–H groups in total. The number of aliphatic imine (C=N–C) groups is 2. The Balaban J connectivity index is 1.32. The third-order valence-electron chi connectivity index (χ3n) is 8.59. The number of hydrogen-bond donors (Lipinski definition) is 6. The molecule has 4 atom stereocenters. The third kappa shape index (κ3) is 3.50. The average molecular weight is 541 g/mol. The van der Waals surface area contributed by atoms with Crippen molar-refractivity contribution in [3.63, 3.8) is 0 Å². The van der Waals surface area contributed by atoms with E-state index >= 15 is 0 Å². The van der Waals surface area contributed by atoms with Crippen LogP contribution >= 0.6 is 0 Å². The van der Waals surface area contributed by atoms with E-state index in [0.29, 0.717) is 12.4 Å². The normalized spacial score (nSPS) is 31.9. The first-order chi connectivity index (χ1) is 18.4. The molecule has 1 aromatic carbocycles. The number of rotatable bonds is 4. The number of para-hydroxylation sites is 1. The summed E-state index contributed by atoms with van der Waals surface area (Å²) in [5.41, 5.74) is 11.5. The van der Waals surface area contributed by atoms with Gasteiger partial charge in [0.25, 0.3) is 5.91 Å². The first-order valence-electron chi connectivity index (χ1n) is 12.9. The second-order valence-corrected chi connectivity index (χ2v) is 11.3. The van der Waals surface area contributed by atoms with E-state index < -0.39 is 35.5 Å².